The maximum absolute atomic E-state index is 12.0. The lowest BCUT2D eigenvalue weighted by Gasteiger charge is -2.37. The molecule has 0 aliphatic carbocycles. The molecule has 42 heavy (non-hydrogen) atoms. The minimum absolute atomic E-state index is 0.0741. The van der Waals surface area contributed by atoms with Crippen LogP contribution < -0.4 is 5.73 Å². The minimum Gasteiger partial charge on any atom is -0.462 e. The molecule has 1 heterocycles. The van der Waals surface area contributed by atoms with Crippen LogP contribution in [-0.4, -0.2) is 69.1 Å². The molecule has 6 N–H and O–H groups in total. The Morgan fingerprint density at radius 2 is 1.62 bits per heavy atom. The quantitative estimate of drug-likeness (QED) is 0.109. The molecule has 0 aromatic rings. The van der Waals surface area contributed by atoms with E-state index in [-0.39, 0.29) is 41.9 Å². The van der Waals surface area contributed by atoms with Crippen molar-refractivity contribution in [3.05, 3.63) is 11.6 Å². The average Bonchev–Trinajstić information content (AvgIpc) is 2.93. The monoisotopic (exact) mass is 599 g/mol. The van der Waals surface area contributed by atoms with Gasteiger partial charge in [0.15, 0.2) is 0 Å². The summed E-state index contributed by atoms with van der Waals surface area (Å²) in [5, 5.41) is 43.0. The van der Waals surface area contributed by atoms with Gasteiger partial charge in [-0.1, -0.05) is 73.0 Å². The largest absolute Gasteiger partial charge is 0.462 e. The van der Waals surface area contributed by atoms with Crippen molar-refractivity contribution in [2.75, 3.05) is 0 Å². The molecule has 0 radical (unpaired) electrons. The smallest absolute Gasteiger partial charge is 0.404 e. The number of aliphatic hydroxyl groups excluding tert-OH is 4. The molecular weight excluding hydrogens is 538 g/mol. The molecule has 9 nitrogen and oxygen atoms in total. The summed E-state index contributed by atoms with van der Waals surface area (Å²) in [5.74, 6) is -1.75. The number of cyclic esters (lactones) is 1. The van der Waals surface area contributed by atoms with Crippen molar-refractivity contribution in [2.45, 2.75) is 144 Å². The number of carbonyl (C=O) groups excluding carboxylic acids is 2. The SMILES string of the molecule is CCCC[C@H](C)[C@H](OC(N)=O)[C@@H](C)[C@H](O)[C@@H](C)C/C(C)=C\[C@H](C)[C@@H](O)[C@@H](C)CC[C@@H](O)C[C@@H]1OC(=O)[C@H](C)[C@@H](O)[C@H]1C. The second kappa shape index (κ2) is 18.2. The topological polar surface area (TPSA) is 160 Å². The van der Waals surface area contributed by atoms with Gasteiger partial charge in [0, 0.05) is 24.2 Å². The van der Waals surface area contributed by atoms with E-state index in [1.54, 1.807) is 6.92 Å². The Morgan fingerprint density at radius 1 is 1.00 bits per heavy atom. The van der Waals surface area contributed by atoms with Crippen molar-refractivity contribution in [3.8, 4) is 0 Å². The number of carbonyl (C=O) groups is 2. The van der Waals surface area contributed by atoms with Crippen molar-refractivity contribution in [3.63, 3.8) is 0 Å². The summed E-state index contributed by atoms with van der Waals surface area (Å²) < 4.78 is 10.9. The van der Waals surface area contributed by atoms with Crippen LogP contribution in [-0.2, 0) is 14.3 Å². The van der Waals surface area contributed by atoms with Crippen molar-refractivity contribution < 1.29 is 39.5 Å². The van der Waals surface area contributed by atoms with Crippen LogP contribution in [0.3, 0.4) is 0 Å². The first-order valence-corrected chi connectivity index (χ1v) is 16.1. The van der Waals surface area contributed by atoms with E-state index in [0.717, 1.165) is 24.8 Å². The zero-order chi connectivity index (χ0) is 32.3. The number of amides is 1. The minimum atomic E-state index is -0.823. The van der Waals surface area contributed by atoms with Gasteiger partial charge in [-0.05, 0) is 57.3 Å². The Bertz CT molecular complexity index is 850. The molecule has 0 bridgehead atoms. The van der Waals surface area contributed by atoms with E-state index < -0.39 is 54.6 Å². The number of hydrogen-bond donors (Lipinski definition) is 5. The number of primary amides is 1. The second-order valence-corrected chi connectivity index (χ2v) is 13.5. The van der Waals surface area contributed by atoms with E-state index in [4.69, 9.17) is 15.2 Å². The van der Waals surface area contributed by atoms with Gasteiger partial charge in [-0.2, -0.15) is 0 Å². The molecule has 0 aromatic heterocycles. The van der Waals surface area contributed by atoms with Gasteiger partial charge in [0.2, 0.25) is 0 Å². The summed E-state index contributed by atoms with van der Waals surface area (Å²) in [5.41, 5.74) is 6.40. The van der Waals surface area contributed by atoms with E-state index >= 15 is 0 Å². The third-order valence-electron chi connectivity index (χ3n) is 9.52. The highest BCUT2D eigenvalue weighted by Gasteiger charge is 2.41. The molecule has 0 unspecified atom stereocenters. The predicted molar refractivity (Wildman–Crippen MR) is 164 cm³/mol. The van der Waals surface area contributed by atoms with Crippen LogP contribution in [0.5, 0.6) is 0 Å². The maximum atomic E-state index is 12.0. The first kappa shape index (κ1) is 38.3. The van der Waals surface area contributed by atoms with E-state index in [1.165, 1.54) is 0 Å². The lowest BCUT2D eigenvalue weighted by Crippen LogP contribution is -2.47. The molecule has 0 saturated carbocycles. The average molecular weight is 600 g/mol. The summed E-state index contributed by atoms with van der Waals surface area (Å²) >= 11 is 0. The lowest BCUT2D eigenvalue weighted by atomic mass is 9.80. The van der Waals surface area contributed by atoms with Gasteiger partial charge in [0.25, 0.3) is 0 Å². The van der Waals surface area contributed by atoms with Gasteiger partial charge >= 0.3 is 12.1 Å². The number of rotatable bonds is 18. The van der Waals surface area contributed by atoms with Crippen LogP contribution in [0, 0.1) is 41.4 Å². The third kappa shape index (κ3) is 11.8. The van der Waals surface area contributed by atoms with Crippen molar-refractivity contribution in [1.29, 1.82) is 0 Å². The molecule has 0 spiro atoms. The zero-order valence-corrected chi connectivity index (χ0v) is 27.5. The number of unbranched alkanes of at least 4 members (excludes halogenated alkanes) is 1. The molecule has 0 aromatic carbocycles. The summed E-state index contributed by atoms with van der Waals surface area (Å²) in [6, 6.07) is 0. The molecule has 1 saturated heterocycles. The highest BCUT2D eigenvalue weighted by molar-refractivity contribution is 5.73. The van der Waals surface area contributed by atoms with Crippen LogP contribution in [0.4, 0.5) is 4.79 Å². The number of esters is 1. The van der Waals surface area contributed by atoms with E-state index in [0.29, 0.717) is 19.3 Å². The Kier molecular flexibility index (Phi) is 16.6. The van der Waals surface area contributed by atoms with Gasteiger partial charge in [0.1, 0.15) is 12.2 Å². The molecule has 13 atom stereocenters. The molecule has 1 aliphatic rings. The Morgan fingerprint density at radius 3 is 2.19 bits per heavy atom. The maximum Gasteiger partial charge on any atom is 0.404 e. The van der Waals surface area contributed by atoms with Gasteiger partial charge in [0.05, 0.1) is 30.3 Å². The number of nitrogens with two attached hydrogens (primary N) is 1. The molecule has 1 amide bonds. The predicted octanol–water partition coefficient (Wildman–Crippen LogP) is 4.97. The Labute approximate surface area is 254 Å². The normalized spacial score (nSPS) is 28.0. The van der Waals surface area contributed by atoms with Gasteiger partial charge in [-0.3, -0.25) is 4.79 Å². The Balaban J connectivity index is 2.66. The molecular formula is C33H61NO8. The first-order valence-electron chi connectivity index (χ1n) is 16.1. The third-order valence-corrected chi connectivity index (χ3v) is 9.52. The number of allylic oxidation sites excluding steroid dienone is 1. The summed E-state index contributed by atoms with van der Waals surface area (Å²) in [4.78, 5) is 23.6. The molecule has 1 rings (SSSR count). The molecule has 246 valence electrons. The lowest BCUT2D eigenvalue weighted by molar-refractivity contribution is -0.179. The van der Waals surface area contributed by atoms with Crippen LogP contribution in [0.2, 0.25) is 0 Å². The summed E-state index contributed by atoms with van der Waals surface area (Å²) in [6.07, 6.45) is 2.29. The van der Waals surface area contributed by atoms with E-state index in [1.807, 2.05) is 54.5 Å². The summed E-state index contributed by atoms with van der Waals surface area (Å²) in [6.45, 7) is 17.4. The zero-order valence-electron chi connectivity index (χ0n) is 27.5. The highest BCUT2D eigenvalue weighted by Crippen LogP contribution is 2.32. The van der Waals surface area contributed by atoms with Crippen molar-refractivity contribution in [2.24, 2.45) is 47.2 Å². The first-order chi connectivity index (χ1) is 19.5. The van der Waals surface area contributed by atoms with Crippen molar-refractivity contribution in [1.82, 2.24) is 0 Å². The van der Waals surface area contributed by atoms with Crippen LogP contribution >= 0.6 is 0 Å². The highest BCUT2D eigenvalue weighted by atomic mass is 16.6. The number of aliphatic hydroxyl groups is 4. The standard InChI is InChI=1S/C33H61NO8/c1-10-11-12-20(4)31(42-33(34)40)24(8)29(37)22(6)16-18(2)15-21(5)28(36)19(3)13-14-26(35)17-27-23(7)30(38)25(9)32(39)41-27/h15,19-31,35-38H,10-14,16-17H2,1-9H3,(H2,34,40)/b18-15-/t19-,20-,21-,22-,23-,24-,25+,26+,27-,28-,29+,30-,31-/m0/s1. The van der Waals surface area contributed by atoms with Gasteiger partial charge < -0.3 is 35.6 Å². The fourth-order valence-corrected chi connectivity index (χ4v) is 6.49. The molecule has 9 heteroatoms. The molecule has 1 aliphatic heterocycles. The molecule has 1 fully saturated rings. The van der Waals surface area contributed by atoms with E-state index in [2.05, 4.69) is 6.92 Å². The second-order valence-electron chi connectivity index (χ2n) is 13.5. The van der Waals surface area contributed by atoms with Crippen molar-refractivity contribution >= 4 is 12.1 Å². The fourth-order valence-electron chi connectivity index (χ4n) is 6.49. The van der Waals surface area contributed by atoms with E-state index in [9.17, 15) is 30.0 Å². The van der Waals surface area contributed by atoms with Gasteiger partial charge in [-0.15, -0.1) is 0 Å². The van der Waals surface area contributed by atoms with Crippen LogP contribution in [0.1, 0.15) is 107 Å². The van der Waals surface area contributed by atoms with Gasteiger partial charge in [-0.25, -0.2) is 4.79 Å². The van der Waals surface area contributed by atoms with Crippen LogP contribution in [0.15, 0.2) is 11.6 Å². The van der Waals surface area contributed by atoms with Crippen LogP contribution in [0.25, 0.3) is 0 Å². The Hall–Kier alpha value is -1.68. The number of hydrogen-bond acceptors (Lipinski definition) is 8. The fraction of sp³-hybridized carbons (Fsp3) is 0.879. The summed E-state index contributed by atoms with van der Waals surface area (Å²) in [7, 11) is 0. The number of ether oxygens (including phenoxy) is 2.